The van der Waals surface area contributed by atoms with Crippen LogP contribution in [0.3, 0.4) is 0 Å². The molecule has 0 spiro atoms. The summed E-state index contributed by atoms with van der Waals surface area (Å²) < 4.78 is 0. The second kappa shape index (κ2) is 5.56. The van der Waals surface area contributed by atoms with Crippen LogP contribution in [0.5, 0.6) is 0 Å². The SMILES string of the molecule is C=CCN(CCN1C(=O)c2ccccc2C1=O)C(=O)O. The maximum atomic E-state index is 12.1. The Labute approximate surface area is 115 Å². The summed E-state index contributed by atoms with van der Waals surface area (Å²) in [6, 6.07) is 6.56. The van der Waals surface area contributed by atoms with Crippen molar-refractivity contribution in [1.82, 2.24) is 9.80 Å². The number of carbonyl (C=O) groups excluding carboxylic acids is 2. The topological polar surface area (TPSA) is 77.9 Å². The van der Waals surface area contributed by atoms with Crippen LogP contribution in [-0.2, 0) is 0 Å². The van der Waals surface area contributed by atoms with Crippen LogP contribution in [0.1, 0.15) is 20.7 Å². The second-order valence-electron chi connectivity index (χ2n) is 4.32. The number of fused-ring (bicyclic) bond motifs is 1. The molecule has 0 radical (unpaired) electrons. The van der Waals surface area contributed by atoms with Crippen molar-refractivity contribution in [3.63, 3.8) is 0 Å². The van der Waals surface area contributed by atoms with E-state index in [1.165, 1.54) is 6.08 Å². The van der Waals surface area contributed by atoms with E-state index in [1.807, 2.05) is 0 Å². The molecule has 1 heterocycles. The second-order valence-corrected chi connectivity index (χ2v) is 4.32. The van der Waals surface area contributed by atoms with Gasteiger partial charge >= 0.3 is 6.09 Å². The van der Waals surface area contributed by atoms with Crippen LogP contribution in [0.25, 0.3) is 0 Å². The number of carbonyl (C=O) groups is 3. The van der Waals surface area contributed by atoms with Crippen LogP contribution in [0.2, 0.25) is 0 Å². The highest BCUT2D eigenvalue weighted by atomic mass is 16.4. The van der Waals surface area contributed by atoms with E-state index in [9.17, 15) is 14.4 Å². The van der Waals surface area contributed by atoms with Gasteiger partial charge in [-0.1, -0.05) is 18.2 Å². The molecule has 6 heteroatoms. The Morgan fingerprint density at radius 3 is 2.25 bits per heavy atom. The van der Waals surface area contributed by atoms with Gasteiger partial charge in [0.25, 0.3) is 11.8 Å². The van der Waals surface area contributed by atoms with Gasteiger partial charge in [0.1, 0.15) is 0 Å². The van der Waals surface area contributed by atoms with Gasteiger partial charge in [-0.25, -0.2) is 4.79 Å². The van der Waals surface area contributed by atoms with Crippen LogP contribution < -0.4 is 0 Å². The highest BCUT2D eigenvalue weighted by Crippen LogP contribution is 2.21. The number of benzene rings is 1. The lowest BCUT2D eigenvalue weighted by Crippen LogP contribution is -2.40. The lowest BCUT2D eigenvalue weighted by molar-refractivity contribution is 0.0634. The highest BCUT2D eigenvalue weighted by Gasteiger charge is 2.35. The molecule has 0 fully saturated rings. The number of rotatable bonds is 5. The highest BCUT2D eigenvalue weighted by molar-refractivity contribution is 6.21. The van der Waals surface area contributed by atoms with E-state index in [1.54, 1.807) is 24.3 Å². The summed E-state index contributed by atoms with van der Waals surface area (Å²) in [5.74, 6) is -0.760. The molecule has 1 aliphatic rings. The van der Waals surface area contributed by atoms with Crippen molar-refractivity contribution in [3.8, 4) is 0 Å². The van der Waals surface area contributed by atoms with E-state index >= 15 is 0 Å². The minimum Gasteiger partial charge on any atom is -0.465 e. The normalized spacial score (nSPS) is 13.3. The molecule has 0 saturated heterocycles. The quantitative estimate of drug-likeness (QED) is 0.651. The van der Waals surface area contributed by atoms with E-state index in [0.717, 1.165) is 9.80 Å². The number of hydrogen-bond acceptors (Lipinski definition) is 3. The molecule has 0 unspecified atom stereocenters. The van der Waals surface area contributed by atoms with Gasteiger partial charge in [-0.3, -0.25) is 14.5 Å². The Morgan fingerprint density at radius 2 is 1.80 bits per heavy atom. The average Bonchev–Trinajstić information content (AvgIpc) is 2.68. The summed E-state index contributed by atoms with van der Waals surface area (Å²) >= 11 is 0. The van der Waals surface area contributed by atoms with Crippen LogP contribution >= 0.6 is 0 Å². The molecule has 1 aromatic carbocycles. The summed E-state index contributed by atoms with van der Waals surface area (Å²) in [6.45, 7) is 3.72. The van der Waals surface area contributed by atoms with Gasteiger partial charge < -0.3 is 10.0 Å². The van der Waals surface area contributed by atoms with Crippen molar-refractivity contribution < 1.29 is 19.5 Å². The van der Waals surface area contributed by atoms with Crippen molar-refractivity contribution >= 4 is 17.9 Å². The number of imide groups is 1. The van der Waals surface area contributed by atoms with Crippen molar-refractivity contribution in [2.24, 2.45) is 0 Å². The zero-order valence-electron chi connectivity index (χ0n) is 10.8. The van der Waals surface area contributed by atoms with Gasteiger partial charge in [-0.05, 0) is 12.1 Å². The molecule has 6 nitrogen and oxygen atoms in total. The van der Waals surface area contributed by atoms with Crippen LogP contribution in [-0.4, -0.2) is 52.4 Å². The van der Waals surface area contributed by atoms with E-state index in [0.29, 0.717) is 11.1 Å². The summed E-state index contributed by atoms with van der Waals surface area (Å²) in [5.41, 5.74) is 0.728. The number of nitrogens with zero attached hydrogens (tertiary/aromatic N) is 2. The molecule has 1 aliphatic heterocycles. The third-order valence-corrected chi connectivity index (χ3v) is 3.09. The first kappa shape index (κ1) is 13.8. The predicted octanol–water partition coefficient (Wildman–Crippen LogP) is 1.45. The molecule has 2 rings (SSSR count). The molecule has 0 aliphatic carbocycles. The number of hydrogen-bond donors (Lipinski definition) is 1. The van der Waals surface area contributed by atoms with E-state index in [4.69, 9.17) is 5.11 Å². The van der Waals surface area contributed by atoms with Crippen LogP contribution in [0.4, 0.5) is 4.79 Å². The Bertz CT molecular complexity index is 547. The Balaban J connectivity index is 2.09. The molecule has 3 amide bonds. The summed E-state index contributed by atoms with van der Waals surface area (Å²) in [7, 11) is 0. The summed E-state index contributed by atoms with van der Waals surface area (Å²) in [6.07, 6.45) is 0.345. The van der Waals surface area contributed by atoms with Crippen molar-refractivity contribution in [1.29, 1.82) is 0 Å². The fourth-order valence-corrected chi connectivity index (χ4v) is 2.08. The molecule has 0 saturated carbocycles. The zero-order valence-corrected chi connectivity index (χ0v) is 10.8. The first-order chi connectivity index (χ1) is 9.56. The molecule has 104 valence electrons. The maximum absolute atomic E-state index is 12.1. The van der Waals surface area contributed by atoms with Crippen molar-refractivity contribution in [2.45, 2.75) is 0 Å². The van der Waals surface area contributed by atoms with Crippen LogP contribution in [0.15, 0.2) is 36.9 Å². The average molecular weight is 274 g/mol. The lowest BCUT2D eigenvalue weighted by atomic mass is 10.1. The standard InChI is InChI=1S/C14H14N2O4/c1-2-7-15(14(19)20)8-9-16-12(17)10-5-3-4-6-11(10)13(16)18/h2-6H,1,7-9H2,(H,19,20). The van der Waals surface area contributed by atoms with Gasteiger partial charge in [-0.2, -0.15) is 0 Å². The minimum absolute atomic E-state index is 0.0342. The van der Waals surface area contributed by atoms with Crippen molar-refractivity contribution in [3.05, 3.63) is 48.0 Å². The monoisotopic (exact) mass is 274 g/mol. The third-order valence-electron chi connectivity index (χ3n) is 3.09. The third kappa shape index (κ3) is 2.40. The Morgan fingerprint density at radius 1 is 1.25 bits per heavy atom. The molecule has 1 N–H and O–H groups in total. The molecule has 0 bridgehead atoms. The molecular weight excluding hydrogens is 260 g/mol. The van der Waals surface area contributed by atoms with Crippen LogP contribution in [0, 0.1) is 0 Å². The van der Waals surface area contributed by atoms with Crippen molar-refractivity contribution in [2.75, 3.05) is 19.6 Å². The molecular formula is C14H14N2O4. The van der Waals surface area contributed by atoms with Gasteiger partial charge in [-0.15, -0.1) is 6.58 Å². The Kier molecular flexibility index (Phi) is 3.84. The fraction of sp³-hybridized carbons (Fsp3) is 0.214. The van der Waals surface area contributed by atoms with Gasteiger partial charge in [0, 0.05) is 19.6 Å². The Hall–Kier alpha value is -2.63. The minimum atomic E-state index is -1.11. The smallest absolute Gasteiger partial charge is 0.407 e. The maximum Gasteiger partial charge on any atom is 0.407 e. The largest absolute Gasteiger partial charge is 0.465 e. The fourth-order valence-electron chi connectivity index (χ4n) is 2.08. The summed E-state index contributed by atoms with van der Waals surface area (Å²) in [4.78, 5) is 37.3. The zero-order chi connectivity index (χ0) is 14.7. The van der Waals surface area contributed by atoms with E-state index in [-0.39, 0.29) is 31.4 Å². The molecule has 0 aromatic heterocycles. The molecule has 20 heavy (non-hydrogen) atoms. The first-order valence-electron chi connectivity index (χ1n) is 6.10. The van der Waals surface area contributed by atoms with E-state index < -0.39 is 6.09 Å². The van der Waals surface area contributed by atoms with Gasteiger partial charge in [0.2, 0.25) is 0 Å². The van der Waals surface area contributed by atoms with E-state index in [2.05, 4.69) is 6.58 Å². The van der Waals surface area contributed by atoms with Gasteiger partial charge in [0.05, 0.1) is 11.1 Å². The van der Waals surface area contributed by atoms with Gasteiger partial charge in [0.15, 0.2) is 0 Å². The molecule has 0 atom stereocenters. The first-order valence-corrected chi connectivity index (χ1v) is 6.10. The lowest BCUT2D eigenvalue weighted by Gasteiger charge is -2.20. The number of carboxylic acid groups (broad SMARTS) is 1. The predicted molar refractivity (Wildman–Crippen MR) is 71.6 cm³/mol. The molecule has 1 aromatic rings. The number of amides is 3. The summed E-state index contributed by atoms with van der Waals surface area (Å²) in [5, 5.41) is 8.97.